The Labute approximate surface area is 173 Å². The molecule has 0 atom stereocenters. The fourth-order valence-corrected chi connectivity index (χ4v) is 2.42. The molecule has 0 unspecified atom stereocenters. The predicted octanol–water partition coefficient (Wildman–Crippen LogP) is 3.47. The molecule has 1 aromatic rings. The molecule has 0 bridgehead atoms. The summed E-state index contributed by atoms with van der Waals surface area (Å²) >= 11 is 0. The molecule has 0 aliphatic heterocycles. The standard InChI is InChI=1S/C17H26N2O3.C5H8O2/c1-4-14-9-8-10-16(15(14)13-19(3)18-2)22-12-7-5-6-11-17(20)21;6-4-2-1-3-5-7/h4,8-10,18H,1,5-7,11-13H2,2-3H3,(H,20,21);4-5H,1-3H2. The van der Waals surface area contributed by atoms with Gasteiger partial charge in [-0.25, -0.2) is 5.01 Å². The number of nitrogens with zero attached hydrogens (tertiary/aromatic N) is 1. The van der Waals surface area contributed by atoms with Crippen molar-refractivity contribution in [2.75, 3.05) is 20.7 Å². The van der Waals surface area contributed by atoms with Gasteiger partial charge in [0.2, 0.25) is 0 Å². The zero-order chi connectivity index (χ0) is 21.9. The Morgan fingerprint density at radius 1 is 1.17 bits per heavy atom. The van der Waals surface area contributed by atoms with Crippen LogP contribution in [0.5, 0.6) is 5.75 Å². The summed E-state index contributed by atoms with van der Waals surface area (Å²) in [6.45, 7) is 5.16. The van der Waals surface area contributed by atoms with Gasteiger partial charge in [0.1, 0.15) is 18.3 Å². The Bertz CT molecular complexity index is 611. The van der Waals surface area contributed by atoms with Crippen LogP contribution >= 0.6 is 0 Å². The molecule has 0 aromatic heterocycles. The average Bonchev–Trinajstić information content (AvgIpc) is 2.72. The van der Waals surface area contributed by atoms with Gasteiger partial charge in [0.05, 0.1) is 6.61 Å². The third kappa shape index (κ3) is 13.3. The highest BCUT2D eigenvalue weighted by Gasteiger charge is 2.10. The van der Waals surface area contributed by atoms with E-state index in [0.29, 0.717) is 38.8 Å². The number of nitrogens with one attached hydrogen (secondary N) is 1. The number of carboxylic acid groups (broad SMARTS) is 1. The summed E-state index contributed by atoms with van der Waals surface area (Å²) in [5, 5.41) is 10.6. The van der Waals surface area contributed by atoms with Crippen molar-refractivity contribution in [1.82, 2.24) is 10.4 Å². The first-order chi connectivity index (χ1) is 14.0. The molecule has 0 aliphatic carbocycles. The monoisotopic (exact) mass is 406 g/mol. The maximum Gasteiger partial charge on any atom is 0.303 e. The summed E-state index contributed by atoms with van der Waals surface area (Å²) in [4.78, 5) is 29.6. The molecule has 0 saturated carbocycles. The largest absolute Gasteiger partial charge is 0.493 e. The van der Waals surface area contributed by atoms with Crippen molar-refractivity contribution in [1.29, 1.82) is 0 Å². The van der Waals surface area contributed by atoms with Crippen LogP contribution in [0.15, 0.2) is 24.8 Å². The Morgan fingerprint density at radius 3 is 2.41 bits per heavy atom. The Morgan fingerprint density at radius 2 is 1.86 bits per heavy atom. The van der Waals surface area contributed by atoms with Gasteiger partial charge in [-0.15, -0.1) is 0 Å². The van der Waals surface area contributed by atoms with E-state index in [0.717, 1.165) is 42.3 Å². The second kappa shape index (κ2) is 17.6. The lowest BCUT2D eigenvalue weighted by atomic mass is 10.1. The number of carboxylic acids is 1. The van der Waals surface area contributed by atoms with Crippen molar-refractivity contribution in [2.24, 2.45) is 0 Å². The maximum atomic E-state index is 10.4. The first-order valence-corrected chi connectivity index (χ1v) is 9.84. The molecular weight excluding hydrogens is 372 g/mol. The molecule has 2 N–H and O–H groups in total. The molecule has 0 saturated heterocycles. The lowest BCUT2D eigenvalue weighted by Crippen LogP contribution is -2.30. The molecule has 0 amide bonds. The predicted molar refractivity (Wildman–Crippen MR) is 115 cm³/mol. The van der Waals surface area contributed by atoms with Crippen molar-refractivity contribution in [3.05, 3.63) is 35.9 Å². The Hall–Kier alpha value is -2.51. The third-order valence-corrected chi connectivity index (χ3v) is 4.10. The first kappa shape index (κ1) is 26.5. The molecule has 0 aliphatic rings. The van der Waals surface area contributed by atoms with Gasteiger partial charge in [0.25, 0.3) is 0 Å². The summed E-state index contributed by atoms with van der Waals surface area (Å²) < 4.78 is 5.88. The van der Waals surface area contributed by atoms with E-state index in [1.807, 2.05) is 43.4 Å². The van der Waals surface area contributed by atoms with E-state index in [4.69, 9.17) is 9.84 Å². The van der Waals surface area contributed by atoms with E-state index in [2.05, 4.69) is 12.0 Å². The van der Waals surface area contributed by atoms with Crippen LogP contribution in [0, 0.1) is 0 Å². The average molecular weight is 407 g/mol. The van der Waals surface area contributed by atoms with Crippen LogP contribution in [-0.4, -0.2) is 49.4 Å². The molecule has 7 nitrogen and oxygen atoms in total. The zero-order valence-corrected chi connectivity index (χ0v) is 17.6. The molecule has 0 radical (unpaired) electrons. The Balaban J connectivity index is 0.000000956. The number of aldehydes is 2. The van der Waals surface area contributed by atoms with Crippen LogP contribution in [0.25, 0.3) is 6.08 Å². The van der Waals surface area contributed by atoms with Crippen molar-refractivity contribution in [3.8, 4) is 5.75 Å². The number of hydrogen-bond acceptors (Lipinski definition) is 6. The van der Waals surface area contributed by atoms with Gasteiger partial charge in [-0.05, 0) is 44.4 Å². The van der Waals surface area contributed by atoms with Crippen LogP contribution in [0.2, 0.25) is 0 Å². The summed E-state index contributed by atoms with van der Waals surface area (Å²) in [6.07, 6.45) is 7.84. The fourth-order valence-electron chi connectivity index (χ4n) is 2.42. The lowest BCUT2D eigenvalue weighted by molar-refractivity contribution is -0.137. The molecule has 0 heterocycles. The van der Waals surface area contributed by atoms with Gasteiger partial charge in [-0.3, -0.25) is 10.2 Å². The molecule has 0 spiro atoms. The van der Waals surface area contributed by atoms with E-state index in [9.17, 15) is 14.4 Å². The minimum absolute atomic E-state index is 0.226. The first-order valence-electron chi connectivity index (χ1n) is 9.84. The van der Waals surface area contributed by atoms with Crippen molar-refractivity contribution < 1.29 is 24.2 Å². The van der Waals surface area contributed by atoms with Crippen molar-refractivity contribution in [3.63, 3.8) is 0 Å². The molecular formula is C22H34N2O5. The number of ether oxygens (including phenoxy) is 1. The number of carbonyl (C=O) groups excluding carboxylic acids is 2. The molecule has 7 heteroatoms. The lowest BCUT2D eigenvalue weighted by Gasteiger charge is -2.19. The van der Waals surface area contributed by atoms with E-state index in [-0.39, 0.29) is 6.42 Å². The number of aliphatic carboxylic acids is 1. The zero-order valence-electron chi connectivity index (χ0n) is 17.6. The van der Waals surface area contributed by atoms with Crippen LogP contribution < -0.4 is 10.2 Å². The van der Waals surface area contributed by atoms with Gasteiger partial charge in [-0.2, -0.15) is 0 Å². The van der Waals surface area contributed by atoms with Gasteiger partial charge >= 0.3 is 5.97 Å². The highest BCUT2D eigenvalue weighted by atomic mass is 16.5. The topological polar surface area (TPSA) is 95.9 Å². The number of hydrazine groups is 1. The SMILES string of the molecule is C=Cc1cccc(OCCCCCC(=O)O)c1CN(C)NC.O=CCCCC=O. The number of benzene rings is 1. The molecule has 29 heavy (non-hydrogen) atoms. The van der Waals surface area contributed by atoms with E-state index >= 15 is 0 Å². The van der Waals surface area contributed by atoms with Gasteiger partial charge in [-0.1, -0.05) is 24.8 Å². The summed E-state index contributed by atoms with van der Waals surface area (Å²) in [6, 6.07) is 5.94. The van der Waals surface area contributed by atoms with Crippen LogP contribution in [-0.2, 0) is 20.9 Å². The summed E-state index contributed by atoms with van der Waals surface area (Å²) in [7, 11) is 3.84. The second-order valence-corrected chi connectivity index (χ2v) is 6.42. The molecule has 1 rings (SSSR count). The summed E-state index contributed by atoms with van der Waals surface area (Å²) in [5.41, 5.74) is 5.23. The summed E-state index contributed by atoms with van der Waals surface area (Å²) in [5.74, 6) is 0.120. The van der Waals surface area contributed by atoms with Crippen LogP contribution in [0.1, 0.15) is 56.1 Å². The van der Waals surface area contributed by atoms with Gasteiger partial charge in [0.15, 0.2) is 0 Å². The number of carbonyl (C=O) groups is 3. The second-order valence-electron chi connectivity index (χ2n) is 6.42. The van der Waals surface area contributed by atoms with E-state index in [1.54, 1.807) is 0 Å². The number of unbranched alkanes of at least 4 members (excludes halogenated alkanes) is 4. The van der Waals surface area contributed by atoms with Crippen LogP contribution in [0.4, 0.5) is 0 Å². The minimum atomic E-state index is -0.739. The van der Waals surface area contributed by atoms with Crippen molar-refractivity contribution >= 4 is 24.6 Å². The minimum Gasteiger partial charge on any atom is -0.493 e. The van der Waals surface area contributed by atoms with Gasteiger partial charge < -0.3 is 19.4 Å². The van der Waals surface area contributed by atoms with Gasteiger partial charge in [0, 0.05) is 38.4 Å². The highest BCUT2D eigenvalue weighted by Crippen LogP contribution is 2.25. The Kier molecular flexibility index (Phi) is 16.1. The van der Waals surface area contributed by atoms with Crippen molar-refractivity contribution in [2.45, 2.75) is 51.5 Å². The quantitative estimate of drug-likeness (QED) is 0.261. The van der Waals surface area contributed by atoms with Crippen LogP contribution in [0.3, 0.4) is 0 Å². The molecule has 162 valence electrons. The molecule has 0 fully saturated rings. The van der Waals surface area contributed by atoms with E-state index < -0.39 is 5.97 Å². The normalized spacial score (nSPS) is 10.0. The maximum absolute atomic E-state index is 10.4. The number of hydrogen-bond donors (Lipinski definition) is 2. The highest BCUT2D eigenvalue weighted by molar-refractivity contribution is 5.66. The number of rotatable bonds is 15. The smallest absolute Gasteiger partial charge is 0.303 e. The van der Waals surface area contributed by atoms with E-state index in [1.165, 1.54) is 0 Å². The molecule has 1 aromatic carbocycles. The third-order valence-electron chi connectivity index (χ3n) is 4.10. The fraction of sp³-hybridized carbons (Fsp3) is 0.500.